The number of methoxy groups -OCH3 is 1. The van der Waals surface area contributed by atoms with Gasteiger partial charge in [0.25, 0.3) is 0 Å². The van der Waals surface area contributed by atoms with Crippen LogP contribution in [0.15, 0.2) is 18.2 Å². The van der Waals surface area contributed by atoms with Gasteiger partial charge in [-0.1, -0.05) is 11.6 Å². The van der Waals surface area contributed by atoms with Crippen molar-refractivity contribution >= 4 is 23.2 Å². The minimum absolute atomic E-state index is 0.0115. The highest BCUT2D eigenvalue weighted by Gasteiger charge is 2.22. The molecule has 0 heterocycles. The Morgan fingerprint density at radius 1 is 1.48 bits per heavy atom. The molecule has 0 aliphatic heterocycles. The van der Waals surface area contributed by atoms with Crippen LogP contribution in [-0.4, -0.2) is 25.1 Å². The second kappa shape index (κ2) is 7.66. The van der Waals surface area contributed by atoms with Gasteiger partial charge in [-0.2, -0.15) is 0 Å². The van der Waals surface area contributed by atoms with Gasteiger partial charge >= 0.3 is 0 Å². The quantitative estimate of drug-likeness (QED) is 0.848. The lowest BCUT2D eigenvalue weighted by molar-refractivity contribution is -0.716. The first-order valence-electron chi connectivity index (χ1n) is 7.57. The summed E-state index contributed by atoms with van der Waals surface area (Å²) in [6, 6.07) is 6.20. The maximum atomic E-state index is 12.1. The smallest absolute Gasteiger partial charge is 0.230 e. The molecule has 0 spiro atoms. The maximum Gasteiger partial charge on any atom is 0.230 e. The van der Waals surface area contributed by atoms with Gasteiger partial charge in [0.1, 0.15) is 5.75 Å². The minimum Gasteiger partial charge on any atom is -0.495 e. The summed E-state index contributed by atoms with van der Waals surface area (Å²) in [6.45, 7) is 2.11. The summed E-state index contributed by atoms with van der Waals surface area (Å²) in [6.07, 6.45) is 5.69. The summed E-state index contributed by atoms with van der Waals surface area (Å²) >= 11 is 5.91. The van der Waals surface area contributed by atoms with E-state index in [0.717, 1.165) is 0 Å². The Labute approximate surface area is 131 Å². The summed E-state index contributed by atoms with van der Waals surface area (Å²) in [5.41, 5.74) is 0.667. The Kier molecular flexibility index (Phi) is 5.88. The fraction of sp³-hybridized carbons (Fsp3) is 0.562. The molecule has 0 unspecified atom stereocenters. The molecule has 0 bridgehead atoms. The number of quaternary nitrogens is 1. The SMILES string of the molecule is COc1cc(Cl)ccc1NC(=O)C[C@@H](C)[NH2+]C1CCCC1. The molecule has 116 valence electrons. The van der Waals surface area contributed by atoms with Crippen LogP contribution < -0.4 is 15.4 Å². The molecule has 1 saturated carbocycles. The summed E-state index contributed by atoms with van der Waals surface area (Å²) in [7, 11) is 1.57. The maximum absolute atomic E-state index is 12.1. The predicted octanol–water partition coefficient (Wildman–Crippen LogP) is 2.57. The summed E-state index contributed by atoms with van der Waals surface area (Å²) < 4.78 is 5.23. The Morgan fingerprint density at radius 2 is 2.19 bits per heavy atom. The van der Waals surface area contributed by atoms with Gasteiger partial charge in [0.2, 0.25) is 5.91 Å². The number of nitrogens with two attached hydrogens (primary N) is 1. The monoisotopic (exact) mass is 311 g/mol. The minimum atomic E-state index is 0.0115. The second-order valence-corrected chi connectivity index (χ2v) is 6.25. The van der Waals surface area contributed by atoms with Gasteiger partial charge in [-0.25, -0.2) is 0 Å². The van der Waals surface area contributed by atoms with Crippen LogP contribution in [0.5, 0.6) is 5.75 Å². The van der Waals surface area contributed by atoms with E-state index in [1.54, 1.807) is 25.3 Å². The van der Waals surface area contributed by atoms with Crippen LogP contribution in [0, 0.1) is 0 Å². The van der Waals surface area contributed by atoms with E-state index in [4.69, 9.17) is 16.3 Å². The molecule has 1 aromatic rings. The molecule has 1 amide bonds. The van der Waals surface area contributed by atoms with E-state index in [-0.39, 0.29) is 5.91 Å². The first-order valence-corrected chi connectivity index (χ1v) is 7.94. The second-order valence-electron chi connectivity index (χ2n) is 5.81. The van der Waals surface area contributed by atoms with E-state index in [1.807, 2.05) is 0 Å². The lowest BCUT2D eigenvalue weighted by Crippen LogP contribution is -2.94. The van der Waals surface area contributed by atoms with Gasteiger partial charge in [-0.15, -0.1) is 0 Å². The summed E-state index contributed by atoms with van der Waals surface area (Å²) in [5, 5.41) is 5.83. The molecule has 3 N–H and O–H groups in total. The largest absolute Gasteiger partial charge is 0.495 e. The van der Waals surface area contributed by atoms with E-state index >= 15 is 0 Å². The fourth-order valence-corrected chi connectivity index (χ4v) is 3.11. The molecule has 21 heavy (non-hydrogen) atoms. The topological polar surface area (TPSA) is 54.9 Å². The van der Waals surface area contributed by atoms with Crippen molar-refractivity contribution in [1.29, 1.82) is 0 Å². The van der Waals surface area contributed by atoms with Crippen molar-refractivity contribution in [3.63, 3.8) is 0 Å². The standard InChI is InChI=1S/C16H23ClN2O2/c1-11(18-13-5-3-4-6-13)9-16(20)19-14-8-7-12(17)10-15(14)21-2/h7-8,10-11,13,18H,3-6,9H2,1-2H3,(H,19,20)/p+1/t11-/m1/s1. The average Bonchev–Trinajstić information content (AvgIpc) is 2.93. The first kappa shape index (κ1) is 16.1. The van der Waals surface area contributed by atoms with Crippen molar-refractivity contribution in [2.75, 3.05) is 12.4 Å². The Morgan fingerprint density at radius 3 is 2.86 bits per heavy atom. The molecule has 0 saturated heterocycles. The molecular weight excluding hydrogens is 288 g/mol. The van der Waals surface area contributed by atoms with Gasteiger partial charge in [-0.3, -0.25) is 4.79 Å². The number of ether oxygens (including phenoxy) is 1. The lowest BCUT2D eigenvalue weighted by atomic mass is 10.1. The van der Waals surface area contributed by atoms with E-state index in [1.165, 1.54) is 25.7 Å². The molecule has 4 nitrogen and oxygen atoms in total. The third-order valence-electron chi connectivity index (χ3n) is 3.95. The van der Waals surface area contributed by atoms with Crippen molar-refractivity contribution in [2.45, 2.75) is 51.1 Å². The third-order valence-corrected chi connectivity index (χ3v) is 4.18. The summed E-state index contributed by atoms with van der Waals surface area (Å²) in [5.74, 6) is 0.598. The van der Waals surface area contributed by atoms with Crippen molar-refractivity contribution < 1.29 is 14.8 Å². The average molecular weight is 312 g/mol. The lowest BCUT2D eigenvalue weighted by Gasteiger charge is -2.16. The number of carbonyl (C=O) groups excluding carboxylic acids is 1. The molecule has 1 aromatic carbocycles. The van der Waals surface area contributed by atoms with Crippen molar-refractivity contribution in [3.05, 3.63) is 23.2 Å². The van der Waals surface area contributed by atoms with Crippen LogP contribution in [0.4, 0.5) is 5.69 Å². The number of rotatable bonds is 6. The Hall–Kier alpha value is -1.26. The zero-order valence-corrected chi connectivity index (χ0v) is 13.5. The molecule has 1 aliphatic carbocycles. The van der Waals surface area contributed by atoms with Crippen molar-refractivity contribution in [1.82, 2.24) is 0 Å². The Bertz CT molecular complexity index is 487. The van der Waals surface area contributed by atoms with Crippen LogP contribution in [0.2, 0.25) is 5.02 Å². The van der Waals surface area contributed by atoms with E-state index < -0.39 is 0 Å². The highest BCUT2D eigenvalue weighted by Crippen LogP contribution is 2.27. The fourth-order valence-electron chi connectivity index (χ4n) is 2.94. The van der Waals surface area contributed by atoms with E-state index in [2.05, 4.69) is 17.6 Å². The van der Waals surface area contributed by atoms with Gasteiger partial charge < -0.3 is 15.4 Å². The van der Waals surface area contributed by atoms with Crippen LogP contribution >= 0.6 is 11.6 Å². The van der Waals surface area contributed by atoms with Gasteiger partial charge in [0, 0.05) is 11.1 Å². The molecule has 0 radical (unpaired) electrons. The number of carbonyl (C=O) groups is 1. The normalized spacial score (nSPS) is 16.7. The van der Waals surface area contributed by atoms with E-state index in [9.17, 15) is 4.79 Å². The van der Waals surface area contributed by atoms with Crippen LogP contribution in [0.3, 0.4) is 0 Å². The van der Waals surface area contributed by atoms with Crippen molar-refractivity contribution in [2.24, 2.45) is 0 Å². The number of nitrogens with one attached hydrogen (secondary N) is 1. The highest BCUT2D eigenvalue weighted by molar-refractivity contribution is 6.30. The number of hydrogen-bond acceptors (Lipinski definition) is 2. The molecular formula is C16H24ClN2O2+. The molecule has 1 aliphatic rings. The third kappa shape index (κ3) is 4.90. The number of hydrogen-bond donors (Lipinski definition) is 2. The summed E-state index contributed by atoms with van der Waals surface area (Å²) in [4.78, 5) is 12.1. The van der Waals surface area contributed by atoms with Crippen LogP contribution in [-0.2, 0) is 4.79 Å². The molecule has 1 atom stereocenters. The molecule has 5 heteroatoms. The number of amides is 1. The number of halogens is 1. The van der Waals surface area contributed by atoms with Crippen molar-refractivity contribution in [3.8, 4) is 5.75 Å². The van der Waals surface area contributed by atoms with Gasteiger partial charge in [0.05, 0.1) is 31.3 Å². The van der Waals surface area contributed by atoms with Gasteiger partial charge in [-0.05, 0) is 44.7 Å². The predicted molar refractivity (Wildman–Crippen MR) is 84.9 cm³/mol. The zero-order valence-electron chi connectivity index (χ0n) is 12.7. The highest BCUT2D eigenvalue weighted by atomic mass is 35.5. The van der Waals surface area contributed by atoms with Gasteiger partial charge in [0.15, 0.2) is 0 Å². The molecule has 0 aromatic heterocycles. The van der Waals surface area contributed by atoms with Crippen LogP contribution in [0.1, 0.15) is 39.0 Å². The Balaban J connectivity index is 1.86. The number of anilines is 1. The molecule has 2 rings (SSSR count). The van der Waals surface area contributed by atoms with E-state index in [0.29, 0.717) is 35.0 Å². The molecule has 1 fully saturated rings. The number of benzene rings is 1. The first-order chi connectivity index (χ1) is 10.1. The zero-order chi connectivity index (χ0) is 15.2. The van der Waals surface area contributed by atoms with Crippen LogP contribution in [0.25, 0.3) is 0 Å².